The average Bonchev–Trinajstić information content (AvgIpc) is 2.77. The summed E-state index contributed by atoms with van der Waals surface area (Å²) in [5.41, 5.74) is 6.77. The zero-order valence-corrected chi connectivity index (χ0v) is 14.2. The molecule has 0 spiro atoms. The number of aromatic nitrogens is 1. The molecule has 3 N–H and O–H groups in total. The van der Waals surface area contributed by atoms with E-state index in [9.17, 15) is 8.42 Å². The zero-order chi connectivity index (χ0) is 14.9. The van der Waals surface area contributed by atoms with Crippen molar-refractivity contribution in [3.63, 3.8) is 0 Å². The van der Waals surface area contributed by atoms with Crippen molar-refractivity contribution in [2.24, 2.45) is 0 Å². The van der Waals surface area contributed by atoms with Crippen molar-refractivity contribution in [3.05, 3.63) is 38.3 Å². The van der Waals surface area contributed by atoms with Crippen LogP contribution in [-0.4, -0.2) is 13.4 Å². The fourth-order valence-electron chi connectivity index (χ4n) is 1.67. The molecule has 0 amide bonds. The standard InChI is InChI=1S/C12H14BrN3O2S2/c1-7-5-15-12(19-7)6-16-20(17,18)11-4-9(13)3-10(14)8(11)2/h3-5,16H,6,14H2,1-2H3. The monoisotopic (exact) mass is 375 g/mol. The molecule has 0 fully saturated rings. The summed E-state index contributed by atoms with van der Waals surface area (Å²) in [6.07, 6.45) is 1.72. The van der Waals surface area contributed by atoms with E-state index in [2.05, 4.69) is 25.6 Å². The Kier molecular flexibility index (Phi) is 4.48. The molecule has 0 unspecified atom stereocenters. The molecule has 108 valence electrons. The van der Waals surface area contributed by atoms with Crippen LogP contribution in [-0.2, 0) is 16.6 Å². The van der Waals surface area contributed by atoms with Gasteiger partial charge in [0.2, 0.25) is 10.0 Å². The lowest BCUT2D eigenvalue weighted by molar-refractivity contribution is 0.580. The van der Waals surface area contributed by atoms with Gasteiger partial charge in [0.05, 0.1) is 11.4 Å². The van der Waals surface area contributed by atoms with Crippen molar-refractivity contribution in [1.29, 1.82) is 0 Å². The molecule has 1 heterocycles. The number of nitrogens with one attached hydrogen (secondary N) is 1. The van der Waals surface area contributed by atoms with Crippen LogP contribution < -0.4 is 10.5 Å². The zero-order valence-electron chi connectivity index (χ0n) is 11.0. The Morgan fingerprint density at radius 3 is 2.70 bits per heavy atom. The van der Waals surface area contributed by atoms with E-state index in [4.69, 9.17) is 5.73 Å². The first-order valence-corrected chi connectivity index (χ1v) is 8.85. The molecule has 0 aliphatic carbocycles. The van der Waals surface area contributed by atoms with Crippen LogP contribution in [0.3, 0.4) is 0 Å². The van der Waals surface area contributed by atoms with E-state index in [-0.39, 0.29) is 11.4 Å². The Balaban J connectivity index is 2.27. The first kappa shape index (κ1) is 15.4. The lowest BCUT2D eigenvalue weighted by Crippen LogP contribution is -2.24. The Morgan fingerprint density at radius 2 is 2.10 bits per heavy atom. The van der Waals surface area contributed by atoms with Crippen LogP contribution in [0.15, 0.2) is 27.7 Å². The molecule has 0 radical (unpaired) electrons. The summed E-state index contributed by atoms with van der Waals surface area (Å²) in [6, 6.07) is 3.22. The summed E-state index contributed by atoms with van der Waals surface area (Å²) in [5, 5.41) is 0.728. The second-order valence-corrected chi connectivity index (χ2v) is 8.28. The van der Waals surface area contributed by atoms with E-state index >= 15 is 0 Å². The minimum absolute atomic E-state index is 0.173. The highest BCUT2D eigenvalue weighted by Gasteiger charge is 2.19. The fraction of sp³-hybridized carbons (Fsp3) is 0.250. The number of halogens is 1. The Labute approximate surface area is 130 Å². The van der Waals surface area contributed by atoms with Crippen LogP contribution in [0.2, 0.25) is 0 Å². The number of sulfonamides is 1. The summed E-state index contributed by atoms with van der Waals surface area (Å²) >= 11 is 4.72. The van der Waals surface area contributed by atoms with Crippen LogP contribution in [0.1, 0.15) is 15.4 Å². The molecule has 20 heavy (non-hydrogen) atoms. The molecule has 0 atom stereocenters. The summed E-state index contributed by atoms with van der Waals surface area (Å²) in [4.78, 5) is 5.35. The highest BCUT2D eigenvalue weighted by molar-refractivity contribution is 9.10. The van der Waals surface area contributed by atoms with Crippen LogP contribution in [0.5, 0.6) is 0 Å². The van der Waals surface area contributed by atoms with Crippen molar-refractivity contribution in [3.8, 4) is 0 Å². The van der Waals surface area contributed by atoms with Gasteiger partial charge in [0, 0.05) is 21.2 Å². The highest BCUT2D eigenvalue weighted by Crippen LogP contribution is 2.26. The number of thiazole rings is 1. The third kappa shape index (κ3) is 3.38. The maximum atomic E-state index is 12.3. The first-order valence-electron chi connectivity index (χ1n) is 5.76. The molecule has 0 aliphatic rings. The lowest BCUT2D eigenvalue weighted by atomic mass is 10.2. The van der Waals surface area contributed by atoms with E-state index in [1.165, 1.54) is 11.3 Å². The molecule has 1 aromatic heterocycles. The third-order valence-corrected chi connectivity index (χ3v) is 5.64. The van der Waals surface area contributed by atoms with Crippen molar-refractivity contribution >= 4 is 43.0 Å². The number of hydrogen-bond donors (Lipinski definition) is 2. The quantitative estimate of drug-likeness (QED) is 0.804. The number of benzene rings is 1. The van der Waals surface area contributed by atoms with Crippen molar-refractivity contribution in [2.75, 3.05) is 5.73 Å². The molecule has 5 nitrogen and oxygen atoms in total. The number of nitrogens with zero attached hydrogens (tertiary/aromatic N) is 1. The molecule has 0 aliphatic heterocycles. The second-order valence-electron chi connectivity index (χ2n) is 4.31. The van der Waals surface area contributed by atoms with Gasteiger partial charge in [0.15, 0.2) is 0 Å². The van der Waals surface area contributed by atoms with Crippen molar-refractivity contribution in [1.82, 2.24) is 9.71 Å². The maximum Gasteiger partial charge on any atom is 0.241 e. The number of nitrogen functional groups attached to an aromatic ring is 1. The van der Waals surface area contributed by atoms with E-state index < -0.39 is 10.0 Å². The average molecular weight is 376 g/mol. The van der Waals surface area contributed by atoms with Gasteiger partial charge in [0.1, 0.15) is 5.01 Å². The van der Waals surface area contributed by atoms with Gasteiger partial charge in [-0.3, -0.25) is 0 Å². The fourth-order valence-corrected chi connectivity index (χ4v) is 4.40. The first-order chi connectivity index (χ1) is 9.29. The summed E-state index contributed by atoms with van der Waals surface area (Å²) in [5.74, 6) is 0. The molecule has 0 bridgehead atoms. The Bertz CT molecular complexity index is 741. The van der Waals surface area contributed by atoms with Gasteiger partial charge < -0.3 is 5.73 Å². The molecule has 1 aromatic carbocycles. The normalized spacial score (nSPS) is 11.8. The third-order valence-electron chi connectivity index (χ3n) is 2.74. The summed E-state index contributed by atoms with van der Waals surface area (Å²) in [7, 11) is -3.62. The van der Waals surface area contributed by atoms with Crippen LogP contribution in [0.25, 0.3) is 0 Å². The Hall–Kier alpha value is -0.960. The summed E-state index contributed by atoms with van der Waals surface area (Å²) in [6.45, 7) is 3.78. The number of hydrogen-bond acceptors (Lipinski definition) is 5. The maximum absolute atomic E-state index is 12.3. The van der Waals surface area contributed by atoms with Crippen molar-refractivity contribution in [2.45, 2.75) is 25.3 Å². The molecule has 2 aromatic rings. The number of nitrogens with two attached hydrogens (primary N) is 1. The topological polar surface area (TPSA) is 85.1 Å². The smallest absolute Gasteiger partial charge is 0.241 e. The predicted octanol–water partition coefficient (Wildman–Crippen LogP) is 2.58. The molecular weight excluding hydrogens is 362 g/mol. The Morgan fingerprint density at radius 1 is 1.40 bits per heavy atom. The van der Waals surface area contributed by atoms with Crippen molar-refractivity contribution < 1.29 is 8.42 Å². The largest absolute Gasteiger partial charge is 0.398 e. The van der Waals surface area contributed by atoms with Crippen LogP contribution in [0.4, 0.5) is 5.69 Å². The predicted molar refractivity (Wildman–Crippen MR) is 84.2 cm³/mol. The van der Waals surface area contributed by atoms with E-state index in [1.54, 1.807) is 25.3 Å². The lowest BCUT2D eigenvalue weighted by Gasteiger charge is -2.11. The van der Waals surface area contributed by atoms with Gasteiger partial charge >= 0.3 is 0 Å². The van der Waals surface area contributed by atoms with Crippen LogP contribution >= 0.6 is 27.3 Å². The molecule has 0 saturated heterocycles. The van der Waals surface area contributed by atoms with E-state index in [0.29, 0.717) is 15.7 Å². The van der Waals surface area contributed by atoms with Gasteiger partial charge in [-0.15, -0.1) is 11.3 Å². The molecule has 0 saturated carbocycles. The SMILES string of the molecule is Cc1cnc(CNS(=O)(=O)c2cc(Br)cc(N)c2C)s1. The molecule has 2 rings (SSSR count). The number of anilines is 1. The molecule has 8 heteroatoms. The minimum Gasteiger partial charge on any atom is -0.398 e. The van der Waals surface area contributed by atoms with E-state index in [1.807, 2.05) is 6.92 Å². The minimum atomic E-state index is -3.62. The van der Waals surface area contributed by atoms with Gasteiger partial charge in [-0.25, -0.2) is 18.1 Å². The summed E-state index contributed by atoms with van der Waals surface area (Å²) < 4.78 is 27.8. The second kappa shape index (κ2) is 5.80. The van der Waals surface area contributed by atoms with Crippen LogP contribution in [0, 0.1) is 13.8 Å². The molecular formula is C12H14BrN3O2S2. The van der Waals surface area contributed by atoms with E-state index in [0.717, 1.165) is 9.88 Å². The van der Waals surface area contributed by atoms with Gasteiger partial charge in [-0.2, -0.15) is 0 Å². The van der Waals surface area contributed by atoms with Gasteiger partial charge in [-0.05, 0) is 31.5 Å². The number of rotatable bonds is 4. The van der Waals surface area contributed by atoms with Gasteiger partial charge in [-0.1, -0.05) is 15.9 Å². The highest BCUT2D eigenvalue weighted by atomic mass is 79.9. The number of aryl methyl sites for hydroxylation is 1. The van der Waals surface area contributed by atoms with Gasteiger partial charge in [0.25, 0.3) is 0 Å².